The SMILES string of the molecule is CC1CC(=O)N(CCOc2cccc(C#CCCO)c2)C1. The fourth-order valence-electron chi connectivity index (χ4n) is 2.34. The number of hydrogen-bond acceptors (Lipinski definition) is 3. The van der Waals surface area contributed by atoms with E-state index in [1.807, 2.05) is 29.2 Å². The van der Waals surface area contributed by atoms with E-state index in [0.29, 0.717) is 31.9 Å². The summed E-state index contributed by atoms with van der Waals surface area (Å²) in [5.41, 5.74) is 0.867. The zero-order valence-electron chi connectivity index (χ0n) is 12.3. The van der Waals surface area contributed by atoms with E-state index in [9.17, 15) is 4.79 Å². The molecule has 21 heavy (non-hydrogen) atoms. The minimum Gasteiger partial charge on any atom is -0.492 e. The molecule has 1 amide bonds. The topological polar surface area (TPSA) is 49.8 Å². The number of nitrogens with zero attached hydrogens (tertiary/aromatic N) is 1. The quantitative estimate of drug-likeness (QED) is 0.838. The summed E-state index contributed by atoms with van der Waals surface area (Å²) in [6.07, 6.45) is 1.12. The molecule has 1 aromatic rings. The molecule has 1 saturated heterocycles. The van der Waals surface area contributed by atoms with Crippen LogP contribution in [-0.4, -0.2) is 42.2 Å². The Kier molecular flexibility index (Phi) is 5.65. The van der Waals surface area contributed by atoms with Crippen LogP contribution in [0.25, 0.3) is 0 Å². The van der Waals surface area contributed by atoms with E-state index in [1.165, 1.54) is 0 Å². The number of likely N-dealkylation sites (tertiary alicyclic amines) is 1. The summed E-state index contributed by atoms with van der Waals surface area (Å²) in [5, 5.41) is 8.70. The van der Waals surface area contributed by atoms with E-state index in [-0.39, 0.29) is 12.5 Å². The van der Waals surface area contributed by atoms with Gasteiger partial charge in [0.1, 0.15) is 12.4 Å². The number of ether oxygens (including phenoxy) is 1. The predicted octanol–water partition coefficient (Wildman–Crippen LogP) is 1.67. The molecule has 0 spiro atoms. The smallest absolute Gasteiger partial charge is 0.223 e. The Hall–Kier alpha value is -1.99. The van der Waals surface area contributed by atoms with Crippen molar-refractivity contribution in [1.29, 1.82) is 0 Å². The molecule has 1 N–H and O–H groups in total. The number of aliphatic hydroxyl groups is 1. The first-order valence-corrected chi connectivity index (χ1v) is 7.29. The minimum absolute atomic E-state index is 0.0749. The Morgan fingerprint density at radius 3 is 3.05 bits per heavy atom. The number of carbonyl (C=O) groups excluding carboxylic acids is 1. The van der Waals surface area contributed by atoms with Crippen LogP contribution >= 0.6 is 0 Å². The van der Waals surface area contributed by atoms with Gasteiger partial charge < -0.3 is 14.7 Å². The summed E-state index contributed by atoms with van der Waals surface area (Å²) < 4.78 is 5.69. The van der Waals surface area contributed by atoms with Crippen molar-refractivity contribution in [2.75, 3.05) is 26.3 Å². The normalized spacial score (nSPS) is 17.5. The third-order valence-electron chi connectivity index (χ3n) is 3.34. The first-order chi connectivity index (χ1) is 10.2. The Morgan fingerprint density at radius 1 is 1.48 bits per heavy atom. The van der Waals surface area contributed by atoms with Crippen molar-refractivity contribution >= 4 is 5.91 Å². The molecule has 1 fully saturated rings. The Balaban J connectivity index is 1.82. The van der Waals surface area contributed by atoms with Crippen molar-refractivity contribution in [3.8, 4) is 17.6 Å². The van der Waals surface area contributed by atoms with Crippen molar-refractivity contribution in [1.82, 2.24) is 4.90 Å². The van der Waals surface area contributed by atoms with Gasteiger partial charge in [-0.3, -0.25) is 4.79 Å². The average molecular weight is 287 g/mol. The van der Waals surface area contributed by atoms with Crippen LogP contribution in [0.2, 0.25) is 0 Å². The zero-order valence-corrected chi connectivity index (χ0v) is 12.3. The lowest BCUT2D eigenvalue weighted by molar-refractivity contribution is -0.128. The van der Waals surface area contributed by atoms with E-state index in [0.717, 1.165) is 17.9 Å². The van der Waals surface area contributed by atoms with Crippen molar-refractivity contribution in [3.05, 3.63) is 29.8 Å². The molecule has 1 unspecified atom stereocenters. The van der Waals surface area contributed by atoms with Gasteiger partial charge >= 0.3 is 0 Å². The number of rotatable bonds is 5. The molecule has 0 aliphatic carbocycles. The molecular formula is C17H21NO3. The highest BCUT2D eigenvalue weighted by molar-refractivity contribution is 5.78. The van der Waals surface area contributed by atoms with E-state index in [4.69, 9.17) is 9.84 Å². The maximum absolute atomic E-state index is 11.7. The van der Waals surface area contributed by atoms with Crippen LogP contribution in [-0.2, 0) is 4.79 Å². The second-order valence-electron chi connectivity index (χ2n) is 5.30. The summed E-state index contributed by atoms with van der Waals surface area (Å²) in [7, 11) is 0. The van der Waals surface area contributed by atoms with Gasteiger partial charge in [0.25, 0.3) is 0 Å². The lowest BCUT2D eigenvalue weighted by atomic mass is 10.2. The van der Waals surface area contributed by atoms with Gasteiger partial charge in [-0.05, 0) is 24.1 Å². The van der Waals surface area contributed by atoms with Gasteiger partial charge in [0.05, 0.1) is 13.2 Å². The summed E-state index contributed by atoms with van der Waals surface area (Å²) in [6, 6.07) is 7.55. The summed E-state index contributed by atoms with van der Waals surface area (Å²) >= 11 is 0. The van der Waals surface area contributed by atoms with Gasteiger partial charge in [-0.15, -0.1) is 0 Å². The second-order valence-corrected chi connectivity index (χ2v) is 5.30. The molecule has 1 aromatic carbocycles. The van der Waals surface area contributed by atoms with E-state index < -0.39 is 0 Å². The molecule has 2 rings (SSSR count). The number of hydrogen-bond donors (Lipinski definition) is 1. The maximum Gasteiger partial charge on any atom is 0.223 e. The van der Waals surface area contributed by atoms with Crippen LogP contribution in [0, 0.1) is 17.8 Å². The van der Waals surface area contributed by atoms with Crippen molar-refractivity contribution < 1.29 is 14.6 Å². The van der Waals surface area contributed by atoms with Crippen molar-refractivity contribution in [3.63, 3.8) is 0 Å². The molecule has 112 valence electrons. The van der Waals surface area contributed by atoms with Gasteiger partial charge in [-0.25, -0.2) is 0 Å². The summed E-state index contributed by atoms with van der Waals surface area (Å²) in [5.74, 6) is 7.28. The third-order valence-corrected chi connectivity index (χ3v) is 3.34. The summed E-state index contributed by atoms with van der Waals surface area (Å²) in [6.45, 7) is 4.11. The van der Waals surface area contributed by atoms with Gasteiger partial charge in [0, 0.05) is 24.9 Å². The van der Waals surface area contributed by atoms with E-state index >= 15 is 0 Å². The summed E-state index contributed by atoms with van der Waals surface area (Å²) in [4.78, 5) is 13.5. The Labute approximate surface area is 125 Å². The first kappa shape index (κ1) is 15.4. The minimum atomic E-state index is 0.0749. The lowest BCUT2D eigenvalue weighted by Crippen LogP contribution is -2.29. The van der Waals surface area contributed by atoms with Crippen LogP contribution in [0.5, 0.6) is 5.75 Å². The van der Waals surface area contributed by atoms with Crippen LogP contribution < -0.4 is 4.74 Å². The molecule has 0 radical (unpaired) electrons. The molecule has 1 aliphatic heterocycles. The largest absolute Gasteiger partial charge is 0.492 e. The first-order valence-electron chi connectivity index (χ1n) is 7.29. The van der Waals surface area contributed by atoms with Crippen LogP contribution in [0.4, 0.5) is 0 Å². The Bertz CT molecular complexity index is 544. The lowest BCUT2D eigenvalue weighted by Gasteiger charge is -2.16. The van der Waals surface area contributed by atoms with Crippen LogP contribution in [0.1, 0.15) is 25.3 Å². The predicted molar refractivity (Wildman–Crippen MR) is 80.9 cm³/mol. The fraction of sp³-hybridized carbons (Fsp3) is 0.471. The van der Waals surface area contributed by atoms with Gasteiger partial charge in [-0.1, -0.05) is 24.8 Å². The highest BCUT2D eigenvalue weighted by atomic mass is 16.5. The van der Waals surface area contributed by atoms with Crippen molar-refractivity contribution in [2.45, 2.75) is 19.8 Å². The van der Waals surface area contributed by atoms with Gasteiger partial charge in [0.15, 0.2) is 0 Å². The van der Waals surface area contributed by atoms with E-state index in [1.54, 1.807) is 0 Å². The van der Waals surface area contributed by atoms with E-state index in [2.05, 4.69) is 18.8 Å². The molecule has 0 saturated carbocycles. The molecule has 1 aliphatic rings. The highest BCUT2D eigenvalue weighted by Crippen LogP contribution is 2.17. The molecular weight excluding hydrogens is 266 g/mol. The van der Waals surface area contributed by atoms with Gasteiger partial charge in [0.2, 0.25) is 5.91 Å². The average Bonchev–Trinajstić information content (AvgIpc) is 2.78. The molecule has 0 aromatic heterocycles. The second kappa shape index (κ2) is 7.70. The monoisotopic (exact) mass is 287 g/mol. The number of amides is 1. The van der Waals surface area contributed by atoms with Crippen molar-refractivity contribution in [2.24, 2.45) is 5.92 Å². The molecule has 4 nitrogen and oxygen atoms in total. The number of aliphatic hydroxyl groups excluding tert-OH is 1. The maximum atomic E-state index is 11.7. The van der Waals surface area contributed by atoms with Gasteiger partial charge in [-0.2, -0.15) is 0 Å². The molecule has 1 atom stereocenters. The molecule has 4 heteroatoms. The standard InChI is InChI=1S/C17H21NO3/c1-14-11-17(20)18(13-14)8-10-21-16-7-4-6-15(12-16)5-2-3-9-19/h4,6-7,12,14,19H,3,8-11,13H2,1H3. The number of carbonyl (C=O) groups is 1. The fourth-order valence-corrected chi connectivity index (χ4v) is 2.34. The Morgan fingerprint density at radius 2 is 2.33 bits per heavy atom. The molecule has 1 heterocycles. The number of benzene rings is 1. The highest BCUT2D eigenvalue weighted by Gasteiger charge is 2.25. The zero-order chi connectivity index (χ0) is 15.1. The molecule has 0 bridgehead atoms. The van der Waals surface area contributed by atoms with Crippen LogP contribution in [0.3, 0.4) is 0 Å². The third kappa shape index (κ3) is 4.80. The van der Waals surface area contributed by atoms with Crippen LogP contribution in [0.15, 0.2) is 24.3 Å².